The maximum absolute atomic E-state index is 12.0. The van der Waals surface area contributed by atoms with Gasteiger partial charge in [-0.25, -0.2) is 4.79 Å². The highest BCUT2D eigenvalue weighted by atomic mass is 35.5. The van der Waals surface area contributed by atoms with Crippen LogP contribution in [0.2, 0.25) is 5.02 Å². The Kier molecular flexibility index (Phi) is 5.58. The molecule has 1 saturated carbocycles. The largest absolute Gasteiger partial charge is 0.444 e. The van der Waals surface area contributed by atoms with Crippen LogP contribution in [0.3, 0.4) is 0 Å². The zero-order valence-corrected chi connectivity index (χ0v) is 15.0. The fraction of sp³-hybridized carbons (Fsp3) is 0.611. The fourth-order valence-corrected chi connectivity index (χ4v) is 3.32. The van der Waals surface area contributed by atoms with Crippen LogP contribution in [0.4, 0.5) is 4.79 Å². The van der Waals surface area contributed by atoms with Gasteiger partial charge in [0, 0.05) is 23.0 Å². The van der Waals surface area contributed by atoms with Gasteiger partial charge in [0.1, 0.15) is 5.60 Å². The molecule has 0 saturated heterocycles. The summed E-state index contributed by atoms with van der Waals surface area (Å²) in [6.45, 7) is 6.12. The lowest BCUT2D eigenvalue weighted by molar-refractivity contribution is 0.0507. The van der Waals surface area contributed by atoms with Crippen LogP contribution in [0, 0.1) is 0 Å². The minimum absolute atomic E-state index is 0.127. The minimum Gasteiger partial charge on any atom is -0.444 e. The molecule has 0 bridgehead atoms. The first-order valence-electron chi connectivity index (χ1n) is 8.19. The summed E-state index contributed by atoms with van der Waals surface area (Å²) in [6, 6.07) is 8.15. The number of carbonyl (C=O) groups is 1. The monoisotopic (exact) mass is 338 g/mol. The lowest BCUT2D eigenvalue weighted by atomic mass is 9.68. The Bertz CT molecular complexity index is 546. The molecule has 0 radical (unpaired) electrons. The van der Waals surface area contributed by atoms with Crippen molar-refractivity contribution in [2.75, 3.05) is 6.54 Å². The van der Waals surface area contributed by atoms with Crippen LogP contribution in [0.15, 0.2) is 24.3 Å². The van der Waals surface area contributed by atoms with Crippen molar-refractivity contribution in [3.8, 4) is 0 Å². The third-order valence-corrected chi connectivity index (χ3v) is 4.63. The van der Waals surface area contributed by atoms with E-state index in [2.05, 4.69) is 11.4 Å². The molecule has 1 aliphatic rings. The first-order chi connectivity index (χ1) is 10.7. The Morgan fingerprint density at radius 3 is 2.61 bits per heavy atom. The third kappa shape index (κ3) is 5.11. The topological polar surface area (TPSA) is 64.3 Å². The van der Waals surface area contributed by atoms with E-state index in [1.54, 1.807) is 0 Å². The summed E-state index contributed by atoms with van der Waals surface area (Å²) < 4.78 is 5.35. The van der Waals surface area contributed by atoms with Gasteiger partial charge in [0.15, 0.2) is 0 Å². The number of nitrogens with one attached hydrogen (secondary N) is 1. The molecule has 0 heterocycles. The van der Waals surface area contributed by atoms with Gasteiger partial charge in [-0.05, 0) is 64.2 Å². The molecule has 0 spiro atoms. The van der Waals surface area contributed by atoms with Crippen LogP contribution in [0.5, 0.6) is 0 Å². The second kappa shape index (κ2) is 7.10. The standard InChI is InChI=1S/C18H27ClN2O2/c1-17(2,3)23-16(22)21-12-18(9-7-15(20)8-10-18)13-5-4-6-14(19)11-13/h4-6,11,15H,7-10,12,20H2,1-3H3,(H,21,22)/t15-,18-. The number of benzene rings is 1. The molecule has 2 rings (SSSR count). The van der Waals surface area contributed by atoms with Gasteiger partial charge in [-0.15, -0.1) is 0 Å². The van der Waals surface area contributed by atoms with E-state index in [4.69, 9.17) is 22.1 Å². The summed E-state index contributed by atoms with van der Waals surface area (Å²) in [5, 5.41) is 3.65. The molecule has 5 heteroatoms. The number of hydrogen-bond acceptors (Lipinski definition) is 3. The van der Waals surface area contributed by atoms with E-state index in [1.807, 2.05) is 39.0 Å². The van der Waals surface area contributed by atoms with Crippen LogP contribution in [-0.2, 0) is 10.2 Å². The highest BCUT2D eigenvalue weighted by molar-refractivity contribution is 6.30. The summed E-state index contributed by atoms with van der Waals surface area (Å²) in [7, 11) is 0. The predicted molar refractivity (Wildman–Crippen MR) is 93.8 cm³/mol. The quantitative estimate of drug-likeness (QED) is 0.875. The number of rotatable bonds is 3. The molecule has 128 valence electrons. The second-order valence-electron chi connectivity index (χ2n) is 7.48. The Hall–Kier alpha value is -1.26. The maximum Gasteiger partial charge on any atom is 0.407 e. The molecule has 1 amide bonds. The van der Waals surface area contributed by atoms with E-state index in [0.717, 1.165) is 31.2 Å². The Morgan fingerprint density at radius 1 is 1.39 bits per heavy atom. The SMILES string of the molecule is CC(C)(C)OC(=O)NC[C@]1(c2cccc(Cl)c2)CC[C@H](N)CC1. The van der Waals surface area contributed by atoms with Gasteiger partial charge in [-0.2, -0.15) is 0 Å². The van der Waals surface area contributed by atoms with Crippen molar-refractivity contribution in [1.82, 2.24) is 5.32 Å². The average Bonchev–Trinajstić information content (AvgIpc) is 2.45. The van der Waals surface area contributed by atoms with Gasteiger partial charge in [0.2, 0.25) is 0 Å². The number of halogens is 1. The van der Waals surface area contributed by atoms with Gasteiger partial charge >= 0.3 is 6.09 Å². The van der Waals surface area contributed by atoms with Crippen molar-refractivity contribution in [1.29, 1.82) is 0 Å². The third-order valence-electron chi connectivity index (χ3n) is 4.39. The molecule has 23 heavy (non-hydrogen) atoms. The van der Waals surface area contributed by atoms with Crippen molar-refractivity contribution < 1.29 is 9.53 Å². The smallest absolute Gasteiger partial charge is 0.407 e. The van der Waals surface area contributed by atoms with E-state index >= 15 is 0 Å². The number of amides is 1. The normalized spacial score (nSPS) is 25.0. The molecule has 1 aromatic carbocycles. The Balaban J connectivity index is 2.14. The van der Waals surface area contributed by atoms with Crippen LogP contribution in [0.1, 0.15) is 52.0 Å². The van der Waals surface area contributed by atoms with Crippen molar-refractivity contribution in [2.24, 2.45) is 5.73 Å². The van der Waals surface area contributed by atoms with E-state index in [-0.39, 0.29) is 17.6 Å². The van der Waals surface area contributed by atoms with Crippen LogP contribution in [0.25, 0.3) is 0 Å². The van der Waals surface area contributed by atoms with E-state index < -0.39 is 5.60 Å². The molecular weight excluding hydrogens is 312 g/mol. The number of nitrogens with two attached hydrogens (primary N) is 1. The summed E-state index contributed by atoms with van der Waals surface area (Å²) in [5.74, 6) is 0. The Morgan fingerprint density at radius 2 is 2.04 bits per heavy atom. The van der Waals surface area contributed by atoms with Gasteiger partial charge < -0.3 is 15.8 Å². The number of carbonyl (C=O) groups excluding carboxylic acids is 1. The zero-order chi connectivity index (χ0) is 17.1. The highest BCUT2D eigenvalue weighted by Crippen LogP contribution is 2.39. The maximum atomic E-state index is 12.0. The second-order valence-corrected chi connectivity index (χ2v) is 7.92. The predicted octanol–water partition coefficient (Wildman–Crippen LogP) is 4.00. The van der Waals surface area contributed by atoms with Crippen molar-refractivity contribution in [2.45, 2.75) is 63.5 Å². The number of ether oxygens (including phenoxy) is 1. The molecule has 1 aliphatic carbocycles. The lowest BCUT2D eigenvalue weighted by Gasteiger charge is -2.40. The fourth-order valence-electron chi connectivity index (χ4n) is 3.13. The van der Waals surface area contributed by atoms with E-state index in [1.165, 1.54) is 0 Å². The molecule has 3 N–H and O–H groups in total. The molecule has 0 unspecified atom stereocenters. The average molecular weight is 339 g/mol. The molecule has 1 aromatic rings. The molecule has 0 atom stereocenters. The van der Waals surface area contributed by atoms with Crippen molar-refractivity contribution in [3.63, 3.8) is 0 Å². The summed E-state index contributed by atoms with van der Waals surface area (Å²) in [6.07, 6.45) is 3.38. The molecule has 0 aliphatic heterocycles. The van der Waals surface area contributed by atoms with Gasteiger partial charge in [0.05, 0.1) is 0 Å². The molecule has 4 nitrogen and oxygen atoms in total. The van der Waals surface area contributed by atoms with Crippen LogP contribution < -0.4 is 11.1 Å². The van der Waals surface area contributed by atoms with Gasteiger partial charge in [-0.1, -0.05) is 23.7 Å². The molecule has 1 fully saturated rings. The minimum atomic E-state index is -0.498. The summed E-state index contributed by atoms with van der Waals surface area (Å²) in [5.41, 5.74) is 6.60. The van der Waals surface area contributed by atoms with Gasteiger partial charge in [-0.3, -0.25) is 0 Å². The lowest BCUT2D eigenvalue weighted by Crippen LogP contribution is -2.46. The van der Waals surface area contributed by atoms with Crippen molar-refractivity contribution >= 4 is 17.7 Å². The Labute approximate surface area is 143 Å². The van der Waals surface area contributed by atoms with Gasteiger partial charge in [0.25, 0.3) is 0 Å². The number of alkyl carbamates (subject to hydrolysis) is 1. The summed E-state index contributed by atoms with van der Waals surface area (Å²) in [4.78, 5) is 12.0. The summed E-state index contributed by atoms with van der Waals surface area (Å²) >= 11 is 6.17. The van der Waals surface area contributed by atoms with Crippen LogP contribution >= 0.6 is 11.6 Å². The van der Waals surface area contributed by atoms with Crippen LogP contribution in [-0.4, -0.2) is 24.3 Å². The zero-order valence-electron chi connectivity index (χ0n) is 14.2. The molecule has 0 aromatic heterocycles. The first kappa shape index (κ1) is 18.1. The first-order valence-corrected chi connectivity index (χ1v) is 8.56. The molecular formula is C18H27ClN2O2. The van der Waals surface area contributed by atoms with Crippen molar-refractivity contribution in [3.05, 3.63) is 34.9 Å². The van der Waals surface area contributed by atoms with E-state index in [9.17, 15) is 4.79 Å². The van der Waals surface area contributed by atoms with E-state index in [0.29, 0.717) is 11.6 Å². The highest BCUT2D eigenvalue weighted by Gasteiger charge is 2.36. The number of hydrogen-bond donors (Lipinski definition) is 2.